The summed E-state index contributed by atoms with van der Waals surface area (Å²) in [5.74, 6) is 0. The second-order valence-corrected chi connectivity index (χ2v) is 3.81. The van der Waals surface area contributed by atoms with Crippen molar-refractivity contribution in [3.63, 3.8) is 0 Å². The smallest absolute Gasteiger partial charge is 0.0845 e. The van der Waals surface area contributed by atoms with Crippen molar-refractivity contribution < 1.29 is 5.11 Å². The number of aliphatic hydroxyl groups excluding tert-OH is 1. The van der Waals surface area contributed by atoms with Crippen LogP contribution in [0, 0.1) is 6.92 Å². The van der Waals surface area contributed by atoms with Gasteiger partial charge in [-0.05, 0) is 30.2 Å². The van der Waals surface area contributed by atoms with Gasteiger partial charge in [-0.25, -0.2) is 0 Å². The minimum Gasteiger partial charge on any atom is -0.388 e. The van der Waals surface area contributed by atoms with E-state index in [0.717, 1.165) is 16.8 Å². The van der Waals surface area contributed by atoms with Crippen LogP contribution in [0.4, 0.5) is 0 Å². The van der Waals surface area contributed by atoms with Crippen molar-refractivity contribution in [2.75, 3.05) is 0 Å². The first-order chi connectivity index (χ1) is 7.75. The molecule has 0 saturated heterocycles. The number of hydrogen-bond donors (Lipinski definition) is 1. The predicted molar refractivity (Wildman–Crippen MR) is 61.9 cm³/mol. The summed E-state index contributed by atoms with van der Waals surface area (Å²) < 4.78 is 0. The highest BCUT2D eigenvalue weighted by Gasteiger charge is 2.08. The molecule has 2 heterocycles. The summed E-state index contributed by atoms with van der Waals surface area (Å²) in [5.41, 5.74) is 2.82. The fourth-order valence-electron chi connectivity index (χ4n) is 1.54. The lowest BCUT2D eigenvalue weighted by Gasteiger charge is -2.10. The number of rotatable bonds is 3. The van der Waals surface area contributed by atoms with E-state index in [-0.39, 0.29) is 0 Å². The van der Waals surface area contributed by atoms with Gasteiger partial charge in [-0.3, -0.25) is 9.97 Å². The van der Waals surface area contributed by atoms with Crippen LogP contribution in [0.25, 0.3) is 0 Å². The lowest BCUT2D eigenvalue weighted by Crippen LogP contribution is -2.02. The summed E-state index contributed by atoms with van der Waals surface area (Å²) >= 11 is 0. The average Bonchev–Trinajstić information content (AvgIpc) is 2.31. The molecule has 3 nitrogen and oxygen atoms in total. The third-order valence-corrected chi connectivity index (χ3v) is 2.47. The zero-order chi connectivity index (χ0) is 11.4. The molecule has 1 atom stereocenters. The van der Waals surface area contributed by atoms with Crippen LogP contribution < -0.4 is 0 Å². The first kappa shape index (κ1) is 10.8. The lowest BCUT2D eigenvalue weighted by molar-refractivity contribution is 0.178. The van der Waals surface area contributed by atoms with Gasteiger partial charge in [0.25, 0.3) is 0 Å². The third-order valence-electron chi connectivity index (χ3n) is 2.47. The normalized spacial score (nSPS) is 12.4. The Hall–Kier alpha value is -1.74. The Labute approximate surface area is 94.8 Å². The molecule has 0 fully saturated rings. The van der Waals surface area contributed by atoms with Crippen LogP contribution in [0.15, 0.2) is 42.9 Å². The van der Waals surface area contributed by atoms with E-state index in [9.17, 15) is 5.11 Å². The van der Waals surface area contributed by atoms with E-state index in [4.69, 9.17) is 0 Å². The molecular formula is C13H14N2O. The minimum atomic E-state index is -0.516. The molecule has 16 heavy (non-hydrogen) atoms. The SMILES string of the molecule is Cc1ccc(C(O)Cc2cccnc2)cn1. The molecular weight excluding hydrogens is 200 g/mol. The summed E-state index contributed by atoms with van der Waals surface area (Å²) in [7, 11) is 0. The fourth-order valence-corrected chi connectivity index (χ4v) is 1.54. The molecule has 1 N–H and O–H groups in total. The highest BCUT2D eigenvalue weighted by atomic mass is 16.3. The average molecular weight is 214 g/mol. The zero-order valence-corrected chi connectivity index (χ0v) is 9.17. The van der Waals surface area contributed by atoms with Gasteiger partial charge in [0.15, 0.2) is 0 Å². The van der Waals surface area contributed by atoms with E-state index in [1.165, 1.54) is 0 Å². The summed E-state index contributed by atoms with van der Waals surface area (Å²) in [5, 5.41) is 10.00. The Kier molecular flexibility index (Phi) is 3.27. The molecule has 0 aliphatic heterocycles. The summed E-state index contributed by atoms with van der Waals surface area (Å²) in [4.78, 5) is 8.18. The maximum atomic E-state index is 10.00. The second kappa shape index (κ2) is 4.86. The van der Waals surface area contributed by atoms with Crippen molar-refractivity contribution in [1.29, 1.82) is 0 Å². The number of nitrogens with zero attached hydrogens (tertiary/aromatic N) is 2. The molecule has 2 rings (SSSR count). The molecule has 0 amide bonds. The largest absolute Gasteiger partial charge is 0.388 e. The Bertz CT molecular complexity index is 439. The van der Waals surface area contributed by atoms with E-state index in [2.05, 4.69) is 9.97 Å². The monoisotopic (exact) mass is 214 g/mol. The third kappa shape index (κ3) is 2.64. The molecule has 0 aromatic carbocycles. The molecule has 0 saturated carbocycles. The topological polar surface area (TPSA) is 46.0 Å². The van der Waals surface area contributed by atoms with Crippen LogP contribution in [0.5, 0.6) is 0 Å². The van der Waals surface area contributed by atoms with Gasteiger partial charge in [-0.2, -0.15) is 0 Å². The van der Waals surface area contributed by atoms with Gasteiger partial charge in [0.1, 0.15) is 0 Å². The first-order valence-electron chi connectivity index (χ1n) is 5.25. The van der Waals surface area contributed by atoms with E-state index in [1.54, 1.807) is 18.6 Å². The van der Waals surface area contributed by atoms with Crippen LogP contribution in [-0.4, -0.2) is 15.1 Å². The standard InChI is InChI=1S/C13H14N2O/c1-10-4-5-12(9-15-10)13(16)7-11-3-2-6-14-8-11/h2-6,8-9,13,16H,7H2,1H3. The van der Waals surface area contributed by atoms with Crippen LogP contribution in [0.1, 0.15) is 22.9 Å². The summed E-state index contributed by atoms with van der Waals surface area (Å²) in [6.07, 6.45) is 5.26. The summed E-state index contributed by atoms with van der Waals surface area (Å²) in [6, 6.07) is 7.64. The maximum absolute atomic E-state index is 10.00. The van der Waals surface area contributed by atoms with E-state index < -0.39 is 6.10 Å². The molecule has 0 bridgehead atoms. The van der Waals surface area contributed by atoms with Gasteiger partial charge < -0.3 is 5.11 Å². The van der Waals surface area contributed by atoms with Crippen molar-refractivity contribution >= 4 is 0 Å². The second-order valence-electron chi connectivity index (χ2n) is 3.81. The first-order valence-corrected chi connectivity index (χ1v) is 5.25. The van der Waals surface area contributed by atoms with Crippen LogP contribution in [0.2, 0.25) is 0 Å². The quantitative estimate of drug-likeness (QED) is 0.850. The van der Waals surface area contributed by atoms with Crippen LogP contribution in [0.3, 0.4) is 0 Å². The van der Waals surface area contributed by atoms with Crippen molar-refractivity contribution in [3.05, 3.63) is 59.7 Å². The number of pyridine rings is 2. The maximum Gasteiger partial charge on any atom is 0.0845 e. The highest BCUT2D eigenvalue weighted by molar-refractivity contribution is 5.19. The molecule has 3 heteroatoms. The summed E-state index contributed by atoms with van der Waals surface area (Å²) in [6.45, 7) is 1.93. The Morgan fingerprint density at radius 3 is 2.75 bits per heavy atom. The number of aliphatic hydroxyl groups is 1. The van der Waals surface area contributed by atoms with E-state index in [1.807, 2.05) is 31.2 Å². The molecule has 2 aromatic rings. The zero-order valence-electron chi connectivity index (χ0n) is 9.17. The number of aryl methyl sites for hydroxylation is 1. The molecule has 0 aliphatic carbocycles. The van der Waals surface area contributed by atoms with Crippen LogP contribution in [-0.2, 0) is 6.42 Å². The van der Waals surface area contributed by atoms with Gasteiger partial charge >= 0.3 is 0 Å². The minimum absolute atomic E-state index is 0.516. The van der Waals surface area contributed by atoms with Crippen molar-refractivity contribution in [2.45, 2.75) is 19.4 Å². The number of hydrogen-bond acceptors (Lipinski definition) is 3. The molecule has 0 radical (unpaired) electrons. The van der Waals surface area contributed by atoms with Crippen molar-refractivity contribution in [1.82, 2.24) is 9.97 Å². The van der Waals surface area contributed by atoms with E-state index >= 15 is 0 Å². The molecule has 1 unspecified atom stereocenters. The fraction of sp³-hybridized carbons (Fsp3) is 0.231. The Morgan fingerprint density at radius 1 is 1.25 bits per heavy atom. The molecule has 82 valence electrons. The number of aromatic nitrogens is 2. The predicted octanol–water partition coefficient (Wildman–Crippen LogP) is 2.06. The molecule has 0 spiro atoms. The Morgan fingerprint density at radius 2 is 2.12 bits per heavy atom. The highest BCUT2D eigenvalue weighted by Crippen LogP contribution is 2.16. The van der Waals surface area contributed by atoms with Gasteiger partial charge in [0.2, 0.25) is 0 Å². The molecule has 2 aromatic heterocycles. The van der Waals surface area contributed by atoms with Gasteiger partial charge in [-0.1, -0.05) is 12.1 Å². The van der Waals surface area contributed by atoms with E-state index in [0.29, 0.717) is 6.42 Å². The van der Waals surface area contributed by atoms with Gasteiger partial charge in [0.05, 0.1) is 6.10 Å². The molecule has 0 aliphatic rings. The van der Waals surface area contributed by atoms with Gasteiger partial charge in [-0.15, -0.1) is 0 Å². The Balaban J connectivity index is 2.09. The lowest BCUT2D eigenvalue weighted by atomic mass is 10.0. The van der Waals surface area contributed by atoms with Crippen LogP contribution >= 0.6 is 0 Å². The van der Waals surface area contributed by atoms with Crippen molar-refractivity contribution in [2.24, 2.45) is 0 Å². The van der Waals surface area contributed by atoms with Gasteiger partial charge in [0, 0.05) is 30.7 Å². The van der Waals surface area contributed by atoms with Crippen molar-refractivity contribution in [3.8, 4) is 0 Å².